The highest BCUT2D eigenvalue weighted by molar-refractivity contribution is 5.49. The van der Waals surface area contributed by atoms with Crippen LogP contribution in [0.5, 0.6) is 0 Å². The Balaban J connectivity index is 2.12. The fraction of sp³-hybridized carbons (Fsp3) is 0. The van der Waals surface area contributed by atoms with E-state index in [1.807, 2.05) is 18.2 Å². The van der Waals surface area contributed by atoms with Gasteiger partial charge in [0.05, 0.1) is 17.5 Å². The van der Waals surface area contributed by atoms with E-state index >= 15 is 0 Å². The molecule has 0 unspecified atom stereocenters. The maximum Gasteiger partial charge on any atom is 0.442 e. The van der Waals surface area contributed by atoms with Crippen LogP contribution in [-0.2, 0) is 0 Å². The molecule has 0 spiro atoms. The molecule has 0 aliphatic rings. The maximum absolute atomic E-state index is 11.6. The van der Waals surface area contributed by atoms with E-state index in [0.717, 1.165) is 0 Å². The monoisotopic (exact) mass is 228 g/mol. The molecule has 3 rings (SSSR count). The molecule has 1 aromatic carbocycles. The highest BCUT2D eigenvalue weighted by atomic mass is 16.4. The third-order valence-corrected chi connectivity index (χ3v) is 2.32. The molecule has 0 fully saturated rings. The first kappa shape index (κ1) is 9.65. The van der Waals surface area contributed by atoms with Crippen LogP contribution in [0.15, 0.2) is 62.6 Å². The van der Waals surface area contributed by atoms with Gasteiger partial charge in [-0.2, -0.15) is 4.68 Å². The maximum atomic E-state index is 11.6. The van der Waals surface area contributed by atoms with E-state index < -0.39 is 5.76 Å². The third kappa shape index (κ3) is 1.67. The summed E-state index contributed by atoms with van der Waals surface area (Å²) in [5, 5.41) is 4.10. The van der Waals surface area contributed by atoms with Crippen LogP contribution >= 0.6 is 0 Å². The Bertz CT molecular complexity index is 665. The van der Waals surface area contributed by atoms with Crippen LogP contribution in [0.1, 0.15) is 0 Å². The first-order valence-corrected chi connectivity index (χ1v) is 5.03. The third-order valence-electron chi connectivity index (χ3n) is 2.32. The highest BCUT2D eigenvalue weighted by Gasteiger charge is 2.11. The number of hydrogen-bond acceptors (Lipinski definition) is 4. The lowest BCUT2D eigenvalue weighted by molar-refractivity contribution is 0.514. The van der Waals surface area contributed by atoms with E-state index in [-0.39, 0.29) is 5.89 Å². The molecule has 0 N–H and O–H groups in total. The van der Waals surface area contributed by atoms with E-state index in [0.29, 0.717) is 11.3 Å². The summed E-state index contributed by atoms with van der Waals surface area (Å²) < 4.78 is 11.2. The second-order valence-electron chi connectivity index (χ2n) is 3.43. The predicted molar refractivity (Wildman–Crippen MR) is 59.8 cm³/mol. The van der Waals surface area contributed by atoms with Crippen molar-refractivity contribution < 1.29 is 8.83 Å². The van der Waals surface area contributed by atoms with Crippen LogP contribution in [-0.4, -0.2) is 9.78 Å². The first-order valence-electron chi connectivity index (χ1n) is 5.03. The molecule has 0 saturated heterocycles. The number of hydrogen-bond donors (Lipinski definition) is 0. The number of rotatable bonds is 2. The average molecular weight is 228 g/mol. The minimum absolute atomic E-state index is 0.243. The van der Waals surface area contributed by atoms with Crippen molar-refractivity contribution in [1.82, 2.24) is 9.78 Å². The summed E-state index contributed by atoms with van der Waals surface area (Å²) in [5.74, 6) is -0.278. The van der Waals surface area contributed by atoms with E-state index in [9.17, 15) is 4.79 Å². The van der Waals surface area contributed by atoms with Gasteiger partial charge in [-0.05, 0) is 18.2 Å². The summed E-state index contributed by atoms with van der Waals surface area (Å²) in [4.78, 5) is 11.6. The molecular weight excluding hydrogens is 220 g/mol. The molecule has 5 nitrogen and oxygen atoms in total. The minimum atomic E-state index is -0.521. The summed E-state index contributed by atoms with van der Waals surface area (Å²) in [6.45, 7) is 0. The lowest BCUT2D eigenvalue weighted by atomic mass is 10.3. The molecule has 84 valence electrons. The smallest absolute Gasteiger partial charge is 0.442 e. The summed E-state index contributed by atoms with van der Waals surface area (Å²) in [6.07, 6.45) is 2.97. The van der Waals surface area contributed by atoms with E-state index in [2.05, 4.69) is 5.10 Å². The highest BCUT2D eigenvalue weighted by Crippen LogP contribution is 2.16. The van der Waals surface area contributed by atoms with Gasteiger partial charge in [0, 0.05) is 0 Å². The van der Waals surface area contributed by atoms with Crippen molar-refractivity contribution in [3.63, 3.8) is 0 Å². The van der Waals surface area contributed by atoms with E-state index in [1.165, 1.54) is 17.2 Å². The first-order chi connectivity index (χ1) is 8.34. The number of nitrogens with zero attached hydrogens (tertiary/aromatic N) is 2. The van der Waals surface area contributed by atoms with Gasteiger partial charge in [-0.3, -0.25) is 0 Å². The molecule has 2 aromatic heterocycles. The standard InChI is InChI=1S/C12H8N2O3/c15-12-14(10-4-2-1-3-5-10)13-11(17-12)9-6-7-16-8-9/h1-8H. The Morgan fingerprint density at radius 1 is 1.12 bits per heavy atom. The van der Waals surface area contributed by atoms with Crippen molar-refractivity contribution in [1.29, 1.82) is 0 Å². The quantitative estimate of drug-likeness (QED) is 0.673. The SMILES string of the molecule is O=c1oc(-c2ccoc2)nn1-c1ccccc1. The van der Waals surface area contributed by atoms with Gasteiger partial charge in [0.25, 0.3) is 5.89 Å². The Labute approximate surface area is 95.9 Å². The summed E-state index contributed by atoms with van der Waals surface area (Å²) in [5.41, 5.74) is 1.30. The summed E-state index contributed by atoms with van der Waals surface area (Å²) >= 11 is 0. The van der Waals surface area contributed by atoms with Crippen molar-refractivity contribution in [3.05, 3.63) is 59.5 Å². The Kier molecular flexibility index (Phi) is 2.15. The van der Waals surface area contributed by atoms with Crippen molar-refractivity contribution in [3.8, 4) is 17.1 Å². The van der Waals surface area contributed by atoms with Gasteiger partial charge in [0.2, 0.25) is 0 Å². The zero-order valence-electron chi connectivity index (χ0n) is 8.74. The fourth-order valence-corrected chi connectivity index (χ4v) is 1.51. The molecule has 0 atom stereocenters. The summed E-state index contributed by atoms with van der Waals surface area (Å²) in [6, 6.07) is 10.8. The van der Waals surface area contributed by atoms with Crippen molar-refractivity contribution in [2.75, 3.05) is 0 Å². The van der Waals surface area contributed by atoms with Crippen LogP contribution in [0.25, 0.3) is 17.1 Å². The molecule has 0 saturated carbocycles. The molecule has 3 aromatic rings. The Hall–Kier alpha value is -2.56. The van der Waals surface area contributed by atoms with Crippen molar-refractivity contribution in [2.45, 2.75) is 0 Å². The van der Waals surface area contributed by atoms with Crippen LogP contribution in [0.4, 0.5) is 0 Å². The zero-order chi connectivity index (χ0) is 11.7. The van der Waals surface area contributed by atoms with Gasteiger partial charge in [0.1, 0.15) is 6.26 Å². The predicted octanol–water partition coefficient (Wildman–Crippen LogP) is 2.09. The average Bonchev–Trinajstić information content (AvgIpc) is 2.99. The van der Waals surface area contributed by atoms with E-state index in [4.69, 9.17) is 8.83 Å². The Morgan fingerprint density at radius 3 is 2.65 bits per heavy atom. The number of benzene rings is 1. The van der Waals surface area contributed by atoms with Crippen LogP contribution in [0.3, 0.4) is 0 Å². The van der Waals surface area contributed by atoms with Gasteiger partial charge < -0.3 is 8.83 Å². The molecule has 5 heteroatoms. The van der Waals surface area contributed by atoms with Gasteiger partial charge in [-0.15, -0.1) is 5.10 Å². The number of furan rings is 1. The molecule has 2 heterocycles. The zero-order valence-corrected chi connectivity index (χ0v) is 8.74. The molecule has 0 aliphatic heterocycles. The van der Waals surface area contributed by atoms with Crippen molar-refractivity contribution >= 4 is 0 Å². The second kappa shape index (κ2) is 3.79. The molecule has 0 bridgehead atoms. The molecule has 17 heavy (non-hydrogen) atoms. The second-order valence-corrected chi connectivity index (χ2v) is 3.43. The number of para-hydroxylation sites is 1. The Morgan fingerprint density at radius 2 is 1.94 bits per heavy atom. The summed E-state index contributed by atoms with van der Waals surface area (Å²) in [7, 11) is 0. The van der Waals surface area contributed by atoms with Gasteiger partial charge in [-0.25, -0.2) is 4.79 Å². The molecule has 0 aliphatic carbocycles. The lowest BCUT2D eigenvalue weighted by Crippen LogP contribution is -2.12. The molecule has 0 amide bonds. The van der Waals surface area contributed by atoms with Crippen LogP contribution < -0.4 is 5.76 Å². The van der Waals surface area contributed by atoms with Gasteiger partial charge in [-0.1, -0.05) is 18.2 Å². The lowest BCUT2D eigenvalue weighted by Gasteiger charge is -1.95. The van der Waals surface area contributed by atoms with Crippen molar-refractivity contribution in [2.24, 2.45) is 0 Å². The van der Waals surface area contributed by atoms with Crippen LogP contribution in [0.2, 0.25) is 0 Å². The van der Waals surface area contributed by atoms with E-state index in [1.54, 1.807) is 18.2 Å². The largest absolute Gasteiger partial charge is 0.472 e. The number of aromatic nitrogens is 2. The van der Waals surface area contributed by atoms with Gasteiger partial charge >= 0.3 is 5.76 Å². The topological polar surface area (TPSA) is 61.2 Å². The molecular formula is C12H8N2O3. The fourth-order valence-electron chi connectivity index (χ4n) is 1.51. The normalized spacial score (nSPS) is 10.6. The van der Waals surface area contributed by atoms with Crippen LogP contribution in [0, 0.1) is 0 Å². The van der Waals surface area contributed by atoms with Gasteiger partial charge in [0.15, 0.2) is 0 Å². The minimum Gasteiger partial charge on any atom is -0.472 e. The molecule has 0 radical (unpaired) electrons.